The first-order chi connectivity index (χ1) is 11.4. The summed E-state index contributed by atoms with van der Waals surface area (Å²) in [7, 11) is 1.43. The molecule has 126 valence electrons. The van der Waals surface area contributed by atoms with Gasteiger partial charge in [0, 0.05) is 12.0 Å². The Morgan fingerprint density at radius 3 is 2.38 bits per heavy atom. The minimum Gasteiger partial charge on any atom is -0.493 e. The number of rotatable bonds is 7. The van der Waals surface area contributed by atoms with Crippen LogP contribution in [-0.4, -0.2) is 17.8 Å². The highest BCUT2D eigenvalue weighted by atomic mass is 16.6. The Morgan fingerprint density at radius 2 is 1.83 bits per heavy atom. The second kappa shape index (κ2) is 7.59. The van der Waals surface area contributed by atoms with Crippen molar-refractivity contribution in [2.75, 3.05) is 7.11 Å². The molecule has 2 rings (SSSR count). The standard InChI is InChI=1S/C18H19NO5/c1-12(2)18(20)14-9-16(23-3)17(10-15(14)19(21)22)24-11-13-7-5-4-6-8-13/h4-10,12H,11H2,1-3H3. The summed E-state index contributed by atoms with van der Waals surface area (Å²) >= 11 is 0. The number of Topliss-reactive ketones (excluding diaryl/α,β-unsaturated/α-hetero) is 1. The first-order valence-corrected chi connectivity index (χ1v) is 7.51. The molecule has 0 saturated heterocycles. The minimum atomic E-state index is -0.579. The van der Waals surface area contributed by atoms with Crippen molar-refractivity contribution in [1.82, 2.24) is 0 Å². The van der Waals surface area contributed by atoms with E-state index in [2.05, 4.69) is 0 Å². The van der Waals surface area contributed by atoms with E-state index in [0.717, 1.165) is 5.56 Å². The number of carbonyl (C=O) groups is 1. The van der Waals surface area contributed by atoms with E-state index in [9.17, 15) is 14.9 Å². The molecule has 0 aliphatic heterocycles. The zero-order chi connectivity index (χ0) is 17.7. The number of carbonyl (C=O) groups excluding carboxylic acids is 1. The molecule has 6 heteroatoms. The topological polar surface area (TPSA) is 78.7 Å². The van der Waals surface area contributed by atoms with Crippen LogP contribution in [0.5, 0.6) is 11.5 Å². The Hall–Kier alpha value is -2.89. The van der Waals surface area contributed by atoms with Gasteiger partial charge in [0.2, 0.25) is 0 Å². The summed E-state index contributed by atoms with van der Waals surface area (Å²) in [6.45, 7) is 3.63. The average molecular weight is 329 g/mol. The van der Waals surface area contributed by atoms with E-state index in [1.165, 1.54) is 19.2 Å². The predicted octanol–water partition coefficient (Wildman–Crippen LogP) is 4.02. The molecule has 0 atom stereocenters. The Kier molecular flexibility index (Phi) is 5.52. The number of hydrogen-bond acceptors (Lipinski definition) is 5. The van der Waals surface area contributed by atoms with Crippen molar-refractivity contribution in [3.8, 4) is 11.5 Å². The largest absolute Gasteiger partial charge is 0.493 e. The maximum atomic E-state index is 12.2. The van der Waals surface area contributed by atoms with Crippen LogP contribution < -0.4 is 9.47 Å². The van der Waals surface area contributed by atoms with Crippen molar-refractivity contribution in [3.05, 3.63) is 63.7 Å². The fourth-order valence-electron chi connectivity index (χ4n) is 2.22. The summed E-state index contributed by atoms with van der Waals surface area (Å²) in [5.41, 5.74) is 0.668. The Bertz CT molecular complexity index is 741. The molecule has 0 aromatic heterocycles. The molecule has 0 aliphatic carbocycles. The van der Waals surface area contributed by atoms with Crippen LogP contribution in [-0.2, 0) is 6.61 Å². The summed E-state index contributed by atoms with van der Waals surface area (Å²) in [6.07, 6.45) is 0. The number of ketones is 1. The fourth-order valence-corrected chi connectivity index (χ4v) is 2.22. The normalized spacial score (nSPS) is 10.5. The first kappa shape index (κ1) is 17.5. The molecule has 0 unspecified atom stereocenters. The summed E-state index contributed by atoms with van der Waals surface area (Å²) in [6, 6.07) is 12.0. The molecule has 0 radical (unpaired) electrons. The predicted molar refractivity (Wildman–Crippen MR) is 89.6 cm³/mol. The second-order valence-corrected chi connectivity index (χ2v) is 5.57. The minimum absolute atomic E-state index is 0.0268. The molecule has 0 spiro atoms. The highest BCUT2D eigenvalue weighted by molar-refractivity contribution is 6.01. The van der Waals surface area contributed by atoms with Crippen LogP contribution in [0.15, 0.2) is 42.5 Å². The van der Waals surface area contributed by atoms with Gasteiger partial charge in [-0.15, -0.1) is 0 Å². The van der Waals surface area contributed by atoms with Gasteiger partial charge < -0.3 is 9.47 Å². The van der Waals surface area contributed by atoms with E-state index in [0.29, 0.717) is 5.75 Å². The third-order valence-corrected chi connectivity index (χ3v) is 3.51. The highest BCUT2D eigenvalue weighted by Gasteiger charge is 2.26. The van der Waals surface area contributed by atoms with E-state index < -0.39 is 4.92 Å². The third-order valence-electron chi connectivity index (χ3n) is 3.51. The highest BCUT2D eigenvalue weighted by Crippen LogP contribution is 2.36. The van der Waals surface area contributed by atoms with Gasteiger partial charge in [-0.05, 0) is 5.56 Å². The summed E-state index contributed by atoms with van der Waals surface area (Å²) in [4.78, 5) is 23.0. The lowest BCUT2D eigenvalue weighted by molar-refractivity contribution is -0.385. The van der Waals surface area contributed by atoms with Crippen LogP contribution in [0.1, 0.15) is 29.8 Å². The fraction of sp³-hybridized carbons (Fsp3) is 0.278. The van der Waals surface area contributed by atoms with Crippen LogP contribution in [0.2, 0.25) is 0 Å². The van der Waals surface area contributed by atoms with Gasteiger partial charge in [0.1, 0.15) is 6.61 Å². The van der Waals surface area contributed by atoms with Crippen molar-refractivity contribution in [1.29, 1.82) is 0 Å². The van der Waals surface area contributed by atoms with Crippen molar-refractivity contribution < 1.29 is 19.2 Å². The SMILES string of the molecule is COc1cc(C(=O)C(C)C)c([N+](=O)[O-])cc1OCc1ccccc1. The Labute approximate surface area is 140 Å². The van der Waals surface area contributed by atoms with Crippen LogP contribution in [0, 0.1) is 16.0 Å². The molecule has 0 N–H and O–H groups in total. The summed E-state index contributed by atoms with van der Waals surface area (Å²) in [5.74, 6) is -0.145. The number of methoxy groups -OCH3 is 1. The van der Waals surface area contributed by atoms with E-state index in [1.807, 2.05) is 30.3 Å². The van der Waals surface area contributed by atoms with Gasteiger partial charge in [-0.2, -0.15) is 0 Å². The molecule has 0 fully saturated rings. The van der Waals surface area contributed by atoms with Gasteiger partial charge >= 0.3 is 0 Å². The van der Waals surface area contributed by atoms with Crippen LogP contribution in [0.3, 0.4) is 0 Å². The third kappa shape index (κ3) is 3.90. The number of benzene rings is 2. The molecular weight excluding hydrogens is 310 g/mol. The van der Waals surface area contributed by atoms with Crippen molar-refractivity contribution in [2.24, 2.45) is 5.92 Å². The monoisotopic (exact) mass is 329 g/mol. The zero-order valence-electron chi connectivity index (χ0n) is 13.8. The summed E-state index contributed by atoms with van der Waals surface area (Å²) in [5, 5.41) is 11.3. The summed E-state index contributed by atoms with van der Waals surface area (Å²) < 4.78 is 10.9. The number of ether oxygens (including phenoxy) is 2. The van der Waals surface area contributed by atoms with Crippen molar-refractivity contribution >= 4 is 11.5 Å². The molecule has 6 nitrogen and oxygen atoms in total. The number of nitro benzene ring substituents is 1. The van der Waals surface area contributed by atoms with Crippen LogP contribution in [0.25, 0.3) is 0 Å². The van der Waals surface area contributed by atoms with E-state index in [4.69, 9.17) is 9.47 Å². The number of nitrogens with zero attached hydrogens (tertiary/aromatic N) is 1. The second-order valence-electron chi connectivity index (χ2n) is 5.57. The molecule has 0 amide bonds. The maximum Gasteiger partial charge on any atom is 0.284 e. The Balaban J connectivity index is 2.39. The molecule has 24 heavy (non-hydrogen) atoms. The molecule has 0 aliphatic rings. The Morgan fingerprint density at radius 1 is 1.17 bits per heavy atom. The van der Waals surface area contributed by atoms with Crippen molar-refractivity contribution in [3.63, 3.8) is 0 Å². The van der Waals surface area contributed by atoms with Crippen molar-refractivity contribution in [2.45, 2.75) is 20.5 Å². The van der Waals surface area contributed by atoms with Crippen LogP contribution >= 0.6 is 0 Å². The maximum absolute atomic E-state index is 12.2. The lowest BCUT2D eigenvalue weighted by Crippen LogP contribution is -2.11. The molecule has 0 saturated carbocycles. The van der Waals surface area contributed by atoms with E-state index in [1.54, 1.807) is 13.8 Å². The molecular formula is C18H19NO5. The van der Waals surface area contributed by atoms with E-state index in [-0.39, 0.29) is 35.3 Å². The van der Waals surface area contributed by atoms with E-state index >= 15 is 0 Å². The molecule has 2 aromatic rings. The van der Waals surface area contributed by atoms with Gasteiger partial charge in [0.15, 0.2) is 17.3 Å². The van der Waals surface area contributed by atoms with Gasteiger partial charge in [-0.1, -0.05) is 44.2 Å². The average Bonchev–Trinajstić information content (AvgIpc) is 2.59. The number of hydrogen-bond donors (Lipinski definition) is 0. The quantitative estimate of drug-likeness (QED) is 0.435. The zero-order valence-corrected chi connectivity index (χ0v) is 13.8. The molecule has 0 bridgehead atoms. The lowest BCUT2D eigenvalue weighted by Gasteiger charge is -2.13. The van der Waals surface area contributed by atoms with Gasteiger partial charge in [0.05, 0.1) is 23.7 Å². The first-order valence-electron chi connectivity index (χ1n) is 7.51. The molecule has 2 aromatic carbocycles. The lowest BCUT2D eigenvalue weighted by atomic mass is 9.99. The van der Waals surface area contributed by atoms with Crippen LogP contribution in [0.4, 0.5) is 5.69 Å². The van der Waals surface area contributed by atoms with Gasteiger partial charge in [0.25, 0.3) is 5.69 Å². The smallest absolute Gasteiger partial charge is 0.284 e. The van der Waals surface area contributed by atoms with Gasteiger partial charge in [-0.25, -0.2) is 0 Å². The molecule has 0 heterocycles. The van der Waals surface area contributed by atoms with Gasteiger partial charge in [-0.3, -0.25) is 14.9 Å². The number of nitro groups is 1.